The highest BCUT2D eigenvalue weighted by Crippen LogP contribution is 2.36. The standard InChI is InChI=1S/C18H20ClN3O/c19-15-7-3-6-14(10-15)18(13-4-1-2-5-13)22-17(23)11-16-12-20-8-9-21-16/h3,6-10,12-13,18H,1-2,4-5,11H2,(H,22,23)/t18-/m0/s1. The van der Waals surface area contributed by atoms with E-state index in [0.717, 1.165) is 18.4 Å². The Morgan fingerprint density at radius 1 is 1.30 bits per heavy atom. The Bertz CT molecular complexity index is 656. The monoisotopic (exact) mass is 329 g/mol. The molecule has 1 saturated carbocycles. The van der Waals surface area contributed by atoms with E-state index in [1.54, 1.807) is 18.6 Å². The van der Waals surface area contributed by atoms with Gasteiger partial charge in [-0.3, -0.25) is 14.8 Å². The molecule has 1 aliphatic rings. The molecule has 0 bridgehead atoms. The quantitative estimate of drug-likeness (QED) is 0.909. The van der Waals surface area contributed by atoms with Crippen LogP contribution in [-0.4, -0.2) is 15.9 Å². The first kappa shape index (κ1) is 15.9. The zero-order chi connectivity index (χ0) is 16.1. The smallest absolute Gasteiger partial charge is 0.226 e. The zero-order valence-electron chi connectivity index (χ0n) is 12.9. The molecule has 5 heteroatoms. The van der Waals surface area contributed by atoms with Crippen LogP contribution in [0.2, 0.25) is 5.02 Å². The van der Waals surface area contributed by atoms with Gasteiger partial charge in [0.05, 0.1) is 18.2 Å². The van der Waals surface area contributed by atoms with Crippen molar-refractivity contribution in [1.29, 1.82) is 0 Å². The summed E-state index contributed by atoms with van der Waals surface area (Å²) in [5.74, 6) is 0.446. The Hall–Kier alpha value is -1.94. The van der Waals surface area contributed by atoms with Crippen LogP contribution in [0.15, 0.2) is 42.9 Å². The van der Waals surface area contributed by atoms with E-state index in [-0.39, 0.29) is 18.4 Å². The van der Waals surface area contributed by atoms with Crippen LogP contribution in [-0.2, 0) is 11.2 Å². The molecule has 1 heterocycles. The lowest BCUT2D eigenvalue weighted by Crippen LogP contribution is -2.34. The summed E-state index contributed by atoms with van der Waals surface area (Å²) >= 11 is 6.13. The molecule has 1 aromatic heterocycles. The Morgan fingerprint density at radius 2 is 2.13 bits per heavy atom. The van der Waals surface area contributed by atoms with Gasteiger partial charge < -0.3 is 5.32 Å². The van der Waals surface area contributed by atoms with Gasteiger partial charge in [-0.15, -0.1) is 0 Å². The molecular weight excluding hydrogens is 310 g/mol. The van der Waals surface area contributed by atoms with Crippen LogP contribution in [0, 0.1) is 5.92 Å². The lowest BCUT2D eigenvalue weighted by molar-refractivity contribution is -0.121. The molecule has 0 saturated heterocycles. The minimum Gasteiger partial charge on any atom is -0.349 e. The number of nitrogens with one attached hydrogen (secondary N) is 1. The van der Waals surface area contributed by atoms with Gasteiger partial charge in [-0.2, -0.15) is 0 Å². The summed E-state index contributed by atoms with van der Waals surface area (Å²) in [7, 11) is 0. The van der Waals surface area contributed by atoms with Crippen molar-refractivity contribution < 1.29 is 4.79 Å². The number of aromatic nitrogens is 2. The van der Waals surface area contributed by atoms with Crippen LogP contribution in [0.3, 0.4) is 0 Å². The van der Waals surface area contributed by atoms with Crippen LogP contribution >= 0.6 is 11.6 Å². The van der Waals surface area contributed by atoms with E-state index in [9.17, 15) is 4.79 Å². The molecule has 1 N–H and O–H groups in total. The van der Waals surface area contributed by atoms with Gasteiger partial charge in [0.2, 0.25) is 5.91 Å². The number of carbonyl (C=O) groups excluding carboxylic acids is 1. The first-order valence-electron chi connectivity index (χ1n) is 8.02. The van der Waals surface area contributed by atoms with Gasteiger partial charge in [0.15, 0.2) is 0 Å². The molecule has 0 unspecified atom stereocenters. The van der Waals surface area contributed by atoms with Gasteiger partial charge in [-0.1, -0.05) is 36.6 Å². The van der Waals surface area contributed by atoms with Gasteiger partial charge in [0, 0.05) is 23.6 Å². The lowest BCUT2D eigenvalue weighted by atomic mass is 9.91. The number of rotatable bonds is 5. The molecule has 1 amide bonds. The first-order chi connectivity index (χ1) is 11.2. The predicted octanol–water partition coefficient (Wildman–Crippen LogP) is 3.72. The summed E-state index contributed by atoms with van der Waals surface area (Å²) < 4.78 is 0. The Morgan fingerprint density at radius 3 is 2.83 bits per heavy atom. The third-order valence-electron chi connectivity index (χ3n) is 4.35. The summed E-state index contributed by atoms with van der Waals surface area (Å²) in [6.07, 6.45) is 9.82. The molecule has 0 aliphatic heterocycles. The highest BCUT2D eigenvalue weighted by molar-refractivity contribution is 6.30. The number of amides is 1. The molecule has 1 aromatic carbocycles. The minimum atomic E-state index is -0.0256. The van der Waals surface area contributed by atoms with E-state index >= 15 is 0 Å². The third kappa shape index (κ3) is 4.29. The molecule has 0 radical (unpaired) electrons. The van der Waals surface area contributed by atoms with E-state index in [1.807, 2.05) is 24.3 Å². The fraction of sp³-hybridized carbons (Fsp3) is 0.389. The predicted molar refractivity (Wildman–Crippen MR) is 90.0 cm³/mol. The topological polar surface area (TPSA) is 54.9 Å². The highest BCUT2D eigenvalue weighted by atomic mass is 35.5. The average Bonchev–Trinajstić information content (AvgIpc) is 3.08. The summed E-state index contributed by atoms with van der Waals surface area (Å²) in [4.78, 5) is 20.6. The third-order valence-corrected chi connectivity index (χ3v) is 4.59. The van der Waals surface area contributed by atoms with Crippen molar-refractivity contribution in [2.24, 2.45) is 5.92 Å². The number of halogens is 1. The molecule has 0 spiro atoms. The van der Waals surface area contributed by atoms with Gasteiger partial charge in [-0.05, 0) is 36.5 Å². The fourth-order valence-electron chi connectivity index (χ4n) is 3.27. The molecule has 1 atom stereocenters. The van der Waals surface area contributed by atoms with E-state index in [4.69, 9.17) is 11.6 Å². The van der Waals surface area contributed by atoms with Crippen LogP contribution in [0.25, 0.3) is 0 Å². The second-order valence-corrected chi connectivity index (χ2v) is 6.45. The normalized spacial score (nSPS) is 16.2. The van der Waals surface area contributed by atoms with Crippen molar-refractivity contribution in [3.8, 4) is 0 Å². The largest absolute Gasteiger partial charge is 0.349 e. The van der Waals surface area contributed by atoms with Crippen LogP contribution in [0.5, 0.6) is 0 Å². The fourth-order valence-corrected chi connectivity index (χ4v) is 3.47. The van der Waals surface area contributed by atoms with Crippen molar-refractivity contribution >= 4 is 17.5 Å². The van der Waals surface area contributed by atoms with E-state index in [0.29, 0.717) is 16.6 Å². The van der Waals surface area contributed by atoms with Gasteiger partial charge >= 0.3 is 0 Å². The molecule has 1 aliphatic carbocycles. The van der Waals surface area contributed by atoms with Crippen molar-refractivity contribution in [3.05, 3.63) is 59.1 Å². The molecule has 1 fully saturated rings. The van der Waals surface area contributed by atoms with Crippen molar-refractivity contribution in [2.75, 3.05) is 0 Å². The van der Waals surface area contributed by atoms with Crippen LogP contribution in [0.1, 0.15) is 43.0 Å². The van der Waals surface area contributed by atoms with Crippen LogP contribution < -0.4 is 5.32 Å². The number of hydrogen-bond donors (Lipinski definition) is 1. The maximum absolute atomic E-state index is 12.4. The first-order valence-corrected chi connectivity index (χ1v) is 8.40. The van der Waals surface area contributed by atoms with Crippen molar-refractivity contribution in [3.63, 3.8) is 0 Å². The number of carbonyl (C=O) groups is 1. The molecule has 4 nitrogen and oxygen atoms in total. The molecule has 23 heavy (non-hydrogen) atoms. The summed E-state index contributed by atoms with van der Waals surface area (Å²) in [5.41, 5.74) is 1.76. The zero-order valence-corrected chi connectivity index (χ0v) is 13.7. The SMILES string of the molecule is O=C(Cc1cnccn1)N[C@H](c1cccc(Cl)c1)C1CCCC1. The van der Waals surface area contributed by atoms with Gasteiger partial charge in [-0.25, -0.2) is 0 Å². The molecule has 3 rings (SSSR count). The number of hydrogen-bond acceptors (Lipinski definition) is 3. The van der Waals surface area contributed by atoms with Crippen molar-refractivity contribution in [2.45, 2.75) is 38.1 Å². The average molecular weight is 330 g/mol. The van der Waals surface area contributed by atoms with Crippen molar-refractivity contribution in [1.82, 2.24) is 15.3 Å². The molecule has 120 valence electrons. The molecule has 2 aromatic rings. The van der Waals surface area contributed by atoms with E-state index < -0.39 is 0 Å². The second kappa shape index (κ2) is 7.55. The molecular formula is C18H20ClN3O. The van der Waals surface area contributed by atoms with Gasteiger partial charge in [0.1, 0.15) is 0 Å². The van der Waals surface area contributed by atoms with E-state index in [1.165, 1.54) is 12.8 Å². The van der Waals surface area contributed by atoms with Crippen LogP contribution in [0.4, 0.5) is 0 Å². The number of nitrogens with zero attached hydrogens (tertiary/aromatic N) is 2. The highest BCUT2D eigenvalue weighted by Gasteiger charge is 2.27. The van der Waals surface area contributed by atoms with E-state index in [2.05, 4.69) is 15.3 Å². The minimum absolute atomic E-state index is 0.0142. The maximum Gasteiger partial charge on any atom is 0.226 e. The summed E-state index contributed by atoms with van der Waals surface area (Å²) in [6.45, 7) is 0. The Balaban J connectivity index is 1.74. The summed E-state index contributed by atoms with van der Waals surface area (Å²) in [5, 5.41) is 3.89. The lowest BCUT2D eigenvalue weighted by Gasteiger charge is -2.25. The second-order valence-electron chi connectivity index (χ2n) is 6.02. The Kier molecular flexibility index (Phi) is 5.23. The maximum atomic E-state index is 12.4. The van der Waals surface area contributed by atoms with Gasteiger partial charge in [0.25, 0.3) is 0 Å². The Labute approximate surface area is 141 Å². The summed E-state index contributed by atoms with van der Waals surface area (Å²) in [6, 6.07) is 7.80. The number of benzene rings is 1.